The van der Waals surface area contributed by atoms with Crippen LogP contribution < -0.4 is 15.4 Å². The number of nitrogens with one attached hydrogen (secondary N) is 2. The molecule has 1 saturated heterocycles. The monoisotopic (exact) mass is 355 g/mol. The lowest BCUT2D eigenvalue weighted by atomic mass is 9.85. The minimum Gasteiger partial charge on any atom is -0.492 e. The van der Waals surface area contributed by atoms with Crippen LogP contribution in [0.5, 0.6) is 5.75 Å². The molecule has 3 atom stereocenters. The SMILES string of the molecule is O=C(Nc1cccc(OCCn2cncn2)c1)C1CC2CCCCC2N1. The smallest absolute Gasteiger partial charge is 0.241 e. The summed E-state index contributed by atoms with van der Waals surface area (Å²) in [5.74, 6) is 1.45. The first-order valence-corrected chi connectivity index (χ1v) is 9.40. The van der Waals surface area contributed by atoms with Crippen LogP contribution in [0.15, 0.2) is 36.9 Å². The predicted octanol–water partition coefficient (Wildman–Crippen LogP) is 2.22. The van der Waals surface area contributed by atoms with Crippen LogP contribution in [0.2, 0.25) is 0 Å². The molecule has 26 heavy (non-hydrogen) atoms. The second-order valence-electron chi connectivity index (χ2n) is 7.13. The Morgan fingerprint density at radius 1 is 1.35 bits per heavy atom. The Morgan fingerprint density at radius 2 is 2.27 bits per heavy atom. The van der Waals surface area contributed by atoms with Crippen molar-refractivity contribution in [2.45, 2.75) is 50.7 Å². The van der Waals surface area contributed by atoms with Gasteiger partial charge in [-0.1, -0.05) is 18.9 Å². The Balaban J connectivity index is 1.29. The molecule has 4 rings (SSSR count). The summed E-state index contributed by atoms with van der Waals surface area (Å²) in [6.45, 7) is 1.12. The van der Waals surface area contributed by atoms with Crippen molar-refractivity contribution in [2.75, 3.05) is 11.9 Å². The maximum atomic E-state index is 12.6. The van der Waals surface area contributed by atoms with Gasteiger partial charge in [0.1, 0.15) is 25.0 Å². The van der Waals surface area contributed by atoms with Gasteiger partial charge in [-0.2, -0.15) is 5.10 Å². The summed E-state index contributed by atoms with van der Waals surface area (Å²) >= 11 is 0. The molecule has 2 aliphatic rings. The lowest BCUT2D eigenvalue weighted by Gasteiger charge is -2.24. The summed E-state index contributed by atoms with van der Waals surface area (Å²) in [7, 11) is 0. The highest BCUT2D eigenvalue weighted by molar-refractivity contribution is 5.95. The number of rotatable bonds is 6. The molecule has 1 amide bonds. The van der Waals surface area contributed by atoms with Crippen molar-refractivity contribution in [3.63, 3.8) is 0 Å². The number of fused-ring (bicyclic) bond motifs is 1. The van der Waals surface area contributed by atoms with Crippen LogP contribution in [0, 0.1) is 5.92 Å². The molecular formula is C19H25N5O2. The molecule has 1 saturated carbocycles. The van der Waals surface area contributed by atoms with Gasteiger partial charge in [0, 0.05) is 17.8 Å². The fourth-order valence-corrected chi connectivity index (χ4v) is 4.02. The number of ether oxygens (including phenoxy) is 1. The molecule has 1 aromatic heterocycles. The highest BCUT2D eigenvalue weighted by Gasteiger charge is 2.38. The van der Waals surface area contributed by atoms with Crippen LogP contribution >= 0.6 is 0 Å². The van der Waals surface area contributed by atoms with E-state index in [0.717, 1.165) is 17.9 Å². The van der Waals surface area contributed by atoms with Crippen LogP contribution in [0.1, 0.15) is 32.1 Å². The summed E-state index contributed by atoms with van der Waals surface area (Å²) in [5.41, 5.74) is 0.768. The molecule has 1 aromatic carbocycles. The molecule has 1 aliphatic heterocycles. The van der Waals surface area contributed by atoms with Gasteiger partial charge in [-0.05, 0) is 37.3 Å². The summed E-state index contributed by atoms with van der Waals surface area (Å²) in [6.07, 6.45) is 9.13. The number of anilines is 1. The molecule has 2 N–H and O–H groups in total. The van der Waals surface area contributed by atoms with Gasteiger partial charge in [0.25, 0.3) is 0 Å². The third kappa shape index (κ3) is 4.04. The van der Waals surface area contributed by atoms with E-state index < -0.39 is 0 Å². The Morgan fingerprint density at radius 3 is 3.12 bits per heavy atom. The van der Waals surface area contributed by atoms with Gasteiger partial charge in [0.2, 0.25) is 5.91 Å². The largest absolute Gasteiger partial charge is 0.492 e. The van der Waals surface area contributed by atoms with E-state index in [1.807, 2.05) is 24.3 Å². The Labute approximate surface area is 153 Å². The van der Waals surface area contributed by atoms with E-state index in [9.17, 15) is 4.79 Å². The number of hydrogen-bond donors (Lipinski definition) is 2. The molecule has 7 nitrogen and oxygen atoms in total. The highest BCUT2D eigenvalue weighted by Crippen LogP contribution is 2.33. The number of nitrogens with zero attached hydrogens (tertiary/aromatic N) is 3. The maximum absolute atomic E-state index is 12.6. The molecule has 1 aliphatic carbocycles. The van der Waals surface area contributed by atoms with E-state index >= 15 is 0 Å². The first-order chi connectivity index (χ1) is 12.8. The quantitative estimate of drug-likeness (QED) is 0.830. The van der Waals surface area contributed by atoms with Crippen molar-refractivity contribution < 1.29 is 9.53 Å². The van der Waals surface area contributed by atoms with E-state index in [0.29, 0.717) is 25.1 Å². The van der Waals surface area contributed by atoms with Crippen molar-refractivity contribution in [3.8, 4) is 5.75 Å². The van der Waals surface area contributed by atoms with E-state index in [1.54, 1.807) is 11.0 Å². The Bertz CT molecular complexity index is 719. The van der Waals surface area contributed by atoms with Gasteiger partial charge in [-0.25, -0.2) is 9.67 Å². The number of aromatic nitrogens is 3. The summed E-state index contributed by atoms with van der Waals surface area (Å²) in [4.78, 5) is 16.5. The van der Waals surface area contributed by atoms with Crippen molar-refractivity contribution in [2.24, 2.45) is 5.92 Å². The molecule has 7 heteroatoms. The normalized spacial score (nSPS) is 24.8. The average Bonchev–Trinajstić information content (AvgIpc) is 3.31. The molecule has 0 spiro atoms. The van der Waals surface area contributed by atoms with Gasteiger partial charge in [0.15, 0.2) is 0 Å². The van der Waals surface area contributed by atoms with E-state index in [1.165, 1.54) is 32.0 Å². The molecule has 138 valence electrons. The average molecular weight is 355 g/mol. The van der Waals surface area contributed by atoms with Crippen LogP contribution in [0.25, 0.3) is 0 Å². The zero-order chi connectivity index (χ0) is 17.8. The molecule has 2 heterocycles. The van der Waals surface area contributed by atoms with Gasteiger partial charge < -0.3 is 15.4 Å². The molecule has 3 unspecified atom stereocenters. The molecule has 0 bridgehead atoms. The Kier molecular flexibility index (Phi) is 5.15. The fourth-order valence-electron chi connectivity index (χ4n) is 4.02. The van der Waals surface area contributed by atoms with Crippen LogP contribution in [-0.4, -0.2) is 39.4 Å². The fraction of sp³-hybridized carbons (Fsp3) is 0.526. The first kappa shape index (κ1) is 17.0. The van der Waals surface area contributed by atoms with Crippen molar-refractivity contribution in [1.82, 2.24) is 20.1 Å². The summed E-state index contributed by atoms with van der Waals surface area (Å²) < 4.78 is 7.47. The molecule has 2 fully saturated rings. The van der Waals surface area contributed by atoms with E-state index in [2.05, 4.69) is 20.7 Å². The first-order valence-electron chi connectivity index (χ1n) is 9.40. The van der Waals surface area contributed by atoms with Gasteiger partial charge >= 0.3 is 0 Å². The zero-order valence-electron chi connectivity index (χ0n) is 14.8. The van der Waals surface area contributed by atoms with E-state index in [4.69, 9.17) is 4.74 Å². The molecule has 0 radical (unpaired) electrons. The Hall–Kier alpha value is -2.41. The van der Waals surface area contributed by atoms with Gasteiger partial charge in [-0.3, -0.25) is 4.79 Å². The minimum absolute atomic E-state index is 0.0548. The topological polar surface area (TPSA) is 81.1 Å². The van der Waals surface area contributed by atoms with Crippen molar-refractivity contribution in [3.05, 3.63) is 36.9 Å². The third-order valence-electron chi connectivity index (χ3n) is 5.34. The summed E-state index contributed by atoms with van der Waals surface area (Å²) in [6, 6.07) is 7.97. The van der Waals surface area contributed by atoms with Crippen LogP contribution in [-0.2, 0) is 11.3 Å². The number of hydrogen-bond acceptors (Lipinski definition) is 5. The van der Waals surface area contributed by atoms with Gasteiger partial charge in [0.05, 0.1) is 12.6 Å². The third-order valence-corrected chi connectivity index (χ3v) is 5.34. The summed E-state index contributed by atoms with van der Waals surface area (Å²) in [5, 5.41) is 10.6. The standard InChI is InChI=1S/C19H25N5O2/c25-19(18-10-14-4-1-2-7-17(14)23-18)22-15-5-3-6-16(11-15)26-9-8-24-13-20-12-21-24/h3,5-6,11-14,17-18,23H,1-2,4,7-10H2,(H,22,25). The highest BCUT2D eigenvalue weighted by atomic mass is 16.5. The molecule has 2 aromatic rings. The second kappa shape index (κ2) is 7.86. The number of carbonyl (C=O) groups excluding carboxylic acids is 1. The second-order valence-corrected chi connectivity index (χ2v) is 7.13. The van der Waals surface area contributed by atoms with Crippen molar-refractivity contribution >= 4 is 11.6 Å². The van der Waals surface area contributed by atoms with E-state index in [-0.39, 0.29) is 11.9 Å². The predicted molar refractivity (Wildman–Crippen MR) is 97.9 cm³/mol. The van der Waals surface area contributed by atoms with Crippen LogP contribution in [0.4, 0.5) is 5.69 Å². The van der Waals surface area contributed by atoms with Crippen LogP contribution in [0.3, 0.4) is 0 Å². The lowest BCUT2D eigenvalue weighted by Crippen LogP contribution is -2.39. The lowest BCUT2D eigenvalue weighted by molar-refractivity contribution is -0.117. The number of amides is 1. The molecular weight excluding hydrogens is 330 g/mol. The van der Waals surface area contributed by atoms with Crippen molar-refractivity contribution in [1.29, 1.82) is 0 Å². The minimum atomic E-state index is -0.0833. The number of carbonyl (C=O) groups is 1. The maximum Gasteiger partial charge on any atom is 0.241 e. The van der Waals surface area contributed by atoms with Gasteiger partial charge in [-0.15, -0.1) is 0 Å². The number of benzene rings is 1. The zero-order valence-corrected chi connectivity index (χ0v) is 14.8.